The van der Waals surface area contributed by atoms with Crippen molar-refractivity contribution in [1.82, 2.24) is 9.66 Å². The maximum Gasteiger partial charge on any atom is 0.282 e. The summed E-state index contributed by atoms with van der Waals surface area (Å²) < 4.78 is 7.99. The highest BCUT2D eigenvalue weighted by Gasteiger charge is 2.11. The van der Waals surface area contributed by atoms with E-state index < -0.39 is 0 Å². The van der Waals surface area contributed by atoms with Gasteiger partial charge in [-0.3, -0.25) is 4.79 Å². The Labute approximate surface area is 173 Å². The van der Waals surface area contributed by atoms with Crippen molar-refractivity contribution < 1.29 is 4.74 Å². The van der Waals surface area contributed by atoms with Gasteiger partial charge in [0.2, 0.25) is 0 Å². The molecule has 0 unspecified atom stereocenters. The number of nitrogens with zero attached hydrogens (tertiary/aromatic N) is 3. The first-order valence-corrected chi connectivity index (χ1v) is 10.3. The fraction of sp³-hybridized carbons (Fsp3) is 0.318. The number of aromatic nitrogens is 2. The third-order valence-corrected chi connectivity index (χ3v) is 4.67. The van der Waals surface area contributed by atoms with E-state index >= 15 is 0 Å². The van der Waals surface area contributed by atoms with Crippen molar-refractivity contribution in [2.45, 2.75) is 46.1 Å². The van der Waals surface area contributed by atoms with E-state index in [1.807, 2.05) is 50.2 Å². The molecule has 0 aliphatic heterocycles. The zero-order chi connectivity index (χ0) is 20.1. The van der Waals surface area contributed by atoms with E-state index in [0.717, 1.165) is 28.6 Å². The highest BCUT2D eigenvalue weighted by molar-refractivity contribution is 9.10. The van der Waals surface area contributed by atoms with Crippen LogP contribution in [-0.4, -0.2) is 22.0 Å². The topological polar surface area (TPSA) is 56.5 Å². The van der Waals surface area contributed by atoms with Gasteiger partial charge in [0.05, 0.1) is 23.2 Å². The van der Waals surface area contributed by atoms with Gasteiger partial charge < -0.3 is 4.74 Å². The Hall–Kier alpha value is -2.47. The molecule has 0 radical (unpaired) electrons. The predicted octanol–water partition coefficient (Wildman–Crippen LogP) is 5.17. The average molecular weight is 442 g/mol. The second-order valence-corrected chi connectivity index (χ2v) is 7.81. The fourth-order valence-electron chi connectivity index (χ4n) is 2.88. The van der Waals surface area contributed by atoms with Crippen LogP contribution >= 0.6 is 15.9 Å². The molecule has 0 N–H and O–H groups in total. The van der Waals surface area contributed by atoms with Gasteiger partial charge in [-0.1, -0.05) is 41.4 Å². The third kappa shape index (κ3) is 4.87. The summed E-state index contributed by atoms with van der Waals surface area (Å²) in [5.41, 5.74) is 1.39. The highest BCUT2D eigenvalue weighted by Crippen LogP contribution is 2.17. The van der Waals surface area contributed by atoms with Crippen LogP contribution in [0.2, 0.25) is 0 Å². The lowest BCUT2D eigenvalue weighted by atomic mass is 10.2. The average Bonchev–Trinajstić information content (AvgIpc) is 2.66. The number of ether oxygens (including phenoxy) is 1. The molecule has 5 nitrogen and oxygen atoms in total. The van der Waals surface area contributed by atoms with Crippen LogP contribution in [0.3, 0.4) is 0 Å². The Kier molecular flexibility index (Phi) is 6.62. The minimum absolute atomic E-state index is 0.0959. The highest BCUT2D eigenvalue weighted by atomic mass is 79.9. The molecule has 0 saturated heterocycles. The van der Waals surface area contributed by atoms with Crippen LogP contribution in [-0.2, 0) is 6.42 Å². The van der Waals surface area contributed by atoms with Gasteiger partial charge in [0.25, 0.3) is 5.56 Å². The zero-order valence-corrected chi connectivity index (χ0v) is 17.9. The standard InChI is InChI=1S/C22H24BrN3O2/c1-4-5-9-21-25-20-11-10-17(23)13-19(20)22(27)26(21)24-14-16-7-6-8-18(12-16)28-15(2)3/h6-8,10-15H,4-5,9H2,1-3H3. The van der Waals surface area contributed by atoms with Gasteiger partial charge in [-0.15, -0.1) is 0 Å². The molecular formula is C22H24BrN3O2. The molecule has 0 fully saturated rings. The van der Waals surface area contributed by atoms with Crippen molar-refractivity contribution in [2.24, 2.45) is 5.10 Å². The van der Waals surface area contributed by atoms with Gasteiger partial charge in [-0.05, 0) is 56.2 Å². The number of fused-ring (bicyclic) bond motifs is 1. The molecule has 146 valence electrons. The number of halogens is 1. The summed E-state index contributed by atoms with van der Waals surface area (Å²) >= 11 is 3.43. The third-order valence-electron chi connectivity index (χ3n) is 4.18. The summed E-state index contributed by atoms with van der Waals surface area (Å²) in [6.45, 7) is 6.09. The van der Waals surface area contributed by atoms with E-state index in [0.29, 0.717) is 23.1 Å². The molecule has 3 rings (SSSR count). The van der Waals surface area contributed by atoms with E-state index in [4.69, 9.17) is 4.74 Å². The molecule has 28 heavy (non-hydrogen) atoms. The van der Waals surface area contributed by atoms with Crippen molar-refractivity contribution in [1.29, 1.82) is 0 Å². The first-order chi connectivity index (χ1) is 13.5. The molecule has 1 heterocycles. The van der Waals surface area contributed by atoms with Gasteiger partial charge in [-0.25, -0.2) is 4.98 Å². The first-order valence-electron chi connectivity index (χ1n) is 9.50. The summed E-state index contributed by atoms with van der Waals surface area (Å²) in [5, 5.41) is 5.02. The van der Waals surface area contributed by atoms with Crippen molar-refractivity contribution >= 4 is 33.0 Å². The number of aryl methyl sites for hydroxylation is 1. The minimum atomic E-state index is -0.164. The molecule has 0 saturated carbocycles. The number of unbranched alkanes of at least 4 members (excludes halogenated alkanes) is 1. The lowest BCUT2D eigenvalue weighted by molar-refractivity contribution is 0.242. The van der Waals surface area contributed by atoms with E-state index in [9.17, 15) is 4.79 Å². The number of hydrogen-bond acceptors (Lipinski definition) is 4. The lowest BCUT2D eigenvalue weighted by Gasteiger charge is -2.10. The summed E-state index contributed by atoms with van der Waals surface area (Å²) in [4.78, 5) is 17.7. The predicted molar refractivity (Wildman–Crippen MR) is 118 cm³/mol. The molecule has 6 heteroatoms. The second-order valence-electron chi connectivity index (χ2n) is 6.89. The molecule has 0 bridgehead atoms. The summed E-state index contributed by atoms with van der Waals surface area (Å²) in [6, 6.07) is 13.2. The van der Waals surface area contributed by atoms with Crippen LogP contribution in [0.25, 0.3) is 10.9 Å². The molecule has 0 aliphatic carbocycles. The molecule has 0 atom stereocenters. The zero-order valence-electron chi connectivity index (χ0n) is 16.4. The Morgan fingerprint density at radius 3 is 2.82 bits per heavy atom. The van der Waals surface area contributed by atoms with E-state index in [1.165, 1.54) is 4.68 Å². The van der Waals surface area contributed by atoms with Crippen LogP contribution in [0.5, 0.6) is 5.75 Å². The summed E-state index contributed by atoms with van der Waals surface area (Å²) in [5.74, 6) is 1.45. The minimum Gasteiger partial charge on any atom is -0.491 e. The van der Waals surface area contributed by atoms with Crippen LogP contribution in [0, 0.1) is 0 Å². The summed E-state index contributed by atoms with van der Waals surface area (Å²) in [7, 11) is 0. The summed E-state index contributed by atoms with van der Waals surface area (Å²) in [6.07, 6.45) is 4.44. The van der Waals surface area contributed by atoms with Gasteiger partial charge in [0, 0.05) is 10.9 Å². The molecule has 0 aliphatic rings. The quantitative estimate of drug-likeness (QED) is 0.475. The maximum absolute atomic E-state index is 13.1. The SMILES string of the molecule is CCCCc1nc2ccc(Br)cc2c(=O)n1N=Cc1cccc(OC(C)C)c1. The van der Waals surface area contributed by atoms with Gasteiger partial charge in [0.1, 0.15) is 11.6 Å². The Morgan fingerprint density at radius 1 is 1.25 bits per heavy atom. The number of benzene rings is 2. The smallest absolute Gasteiger partial charge is 0.282 e. The Morgan fingerprint density at radius 2 is 2.07 bits per heavy atom. The van der Waals surface area contributed by atoms with E-state index in [2.05, 4.69) is 32.9 Å². The van der Waals surface area contributed by atoms with Crippen molar-refractivity contribution in [3.05, 3.63) is 68.7 Å². The largest absolute Gasteiger partial charge is 0.491 e. The molecule has 2 aromatic carbocycles. The lowest BCUT2D eigenvalue weighted by Crippen LogP contribution is -2.22. The van der Waals surface area contributed by atoms with Crippen LogP contribution in [0.4, 0.5) is 0 Å². The maximum atomic E-state index is 13.1. The molecule has 0 amide bonds. The van der Waals surface area contributed by atoms with Gasteiger partial charge in [0.15, 0.2) is 0 Å². The van der Waals surface area contributed by atoms with Crippen LogP contribution < -0.4 is 10.3 Å². The normalized spacial score (nSPS) is 11.6. The molecular weight excluding hydrogens is 418 g/mol. The number of hydrogen-bond donors (Lipinski definition) is 0. The van der Waals surface area contributed by atoms with E-state index in [1.54, 1.807) is 12.3 Å². The first kappa shape index (κ1) is 20.3. The molecule has 1 aromatic heterocycles. The monoisotopic (exact) mass is 441 g/mol. The second kappa shape index (κ2) is 9.15. The van der Waals surface area contributed by atoms with Crippen molar-refractivity contribution in [3.63, 3.8) is 0 Å². The van der Waals surface area contributed by atoms with Crippen LogP contribution in [0.15, 0.2) is 56.8 Å². The Bertz CT molecular complexity index is 1060. The van der Waals surface area contributed by atoms with E-state index in [-0.39, 0.29) is 11.7 Å². The van der Waals surface area contributed by atoms with Crippen molar-refractivity contribution in [2.75, 3.05) is 0 Å². The fourth-order valence-corrected chi connectivity index (χ4v) is 3.24. The number of rotatable bonds is 7. The van der Waals surface area contributed by atoms with Crippen molar-refractivity contribution in [3.8, 4) is 5.75 Å². The Balaban J connectivity index is 2.04. The van der Waals surface area contributed by atoms with Gasteiger partial charge in [-0.2, -0.15) is 9.78 Å². The van der Waals surface area contributed by atoms with Gasteiger partial charge >= 0.3 is 0 Å². The molecule has 3 aromatic rings. The van der Waals surface area contributed by atoms with Crippen LogP contribution in [0.1, 0.15) is 45.0 Å². The molecule has 0 spiro atoms.